The summed E-state index contributed by atoms with van der Waals surface area (Å²) in [5.41, 5.74) is 5.85. The first kappa shape index (κ1) is 14.7. The molecule has 0 heterocycles. The van der Waals surface area contributed by atoms with E-state index in [-0.39, 0.29) is 13.1 Å². The predicted molar refractivity (Wildman–Crippen MR) is 68.5 cm³/mol. The van der Waals surface area contributed by atoms with Gasteiger partial charge in [0.1, 0.15) is 0 Å². The zero-order valence-electron chi connectivity index (χ0n) is 10.4. The summed E-state index contributed by atoms with van der Waals surface area (Å²) in [5.74, 6) is -1.32. The maximum atomic E-state index is 11.5. The lowest BCUT2D eigenvalue weighted by Gasteiger charge is -2.07. The predicted octanol–water partition coefficient (Wildman–Crippen LogP) is -0.513. The standard InChI is InChI=1S/C12H15N3O4/c1-19-12(18)8-3-2-4-9(5-8)15-11(17)7-14-10(16)6-13/h2-5H,6-7,13H2,1H3,(H,14,16)(H,15,17). The van der Waals surface area contributed by atoms with Crippen molar-refractivity contribution < 1.29 is 19.1 Å². The van der Waals surface area contributed by atoms with Gasteiger partial charge < -0.3 is 21.1 Å². The van der Waals surface area contributed by atoms with E-state index in [1.807, 2.05) is 0 Å². The average molecular weight is 265 g/mol. The molecule has 2 amide bonds. The molecular formula is C12H15N3O4. The lowest BCUT2D eigenvalue weighted by atomic mass is 10.2. The van der Waals surface area contributed by atoms with Gasteiger partial charge >= 0.3 is 5.97 Å². The summed E-state index contributed by atoms with van der Waals surface area (Å²) in [6.45, 7) is -0.358. The molecule has 0 saturated heterocycles. The molecule has 0 unspecified atom stereocenters. The molecule has 0 aromatic heterocycles. The number of anilines is 1. The van der Waals surface area contributed by atoms with Crippen molar-refractivity contribution in [1.29, 1.82) is 0 Å². The van der Waals surface area contributed by atoms with Crippen LogP contribution in [0.2, 0.25) is 0 Å². The van der Waals surface area contributed by atoms with Gasteiger partial charge in [-0.25, -0.2) is 4.79 Å². The van der Waals surface area contributed by atoms with Gasteiger partial charge in [0.2, 0.25) is 11.8 Å². The molecule has 0 spiro atoms. The molecule has 4 N–H and O–H groups in total. The summed E-state index contributed by atoms with van der Waals surface area (Å²) < 4.78 is 4.57. The number of hydrogen-bond acceptors (Lipinski definition) is 5. The zero-order valence-corrected chi connectivity index (χ0v) is 10.4. The summed E-state index contributed by atoms with van der Waals surface area (Å²) in [4.78, 5) is 33.7. The minimum absolute atomic E-state index is 0.175. The number of nitrogens with one attached hydrogen (secondary N) is 2. The van der Waals surface area contributed by atoms with Gasteiger partial charge in [-0.05, 0) is 18.2 Å². The number of benzene rings is 1. The van der Waals surface area contributed by atoms with E-state index >= 15 is 0 Å². The van der Waals surface area contributed by atoms with Gasteiger partial charge in [-0.15, -0.1) is 0 Å². The van der Waals surface area contributed by atoms with Crippen LogP contribution in [-0.4, -0.2) is 38.0 Å². The molecule has 0 saturated carbocycles. The van der Waals surface area contributed by atoms with Gasteiger partial charge in [0.25, 0.3) is 0 Å². The number of esters is 1. The number of methoxy groups -OCH3 is 1. The Balaban J connectivity index is 2.59. The van der Waals surface area contributed by atoms with Crippen LogP contribution in [0.5, 0.6) is 0 Å². The Labute approximate surface area is 110 Å². The lowest BCUT2D eigenvalue weighted by molar-refractivity contribution is -0.123. The number of ether oxygens (including phenoxy) is 1. The second kappa shape index (κ2) is 7.12. The van der Waals surface area contributed by atoms with Gasteiger partial charge in [0, 0.05) is 5.69 Å². The van der Waals surface area contributed by atoms with Crippen molar-refractivity contribution in [1.82, 2.24) is 5.32 Å². The Morgan fingerprint density at radius 3 is 2.63 bits per heavy atom. The SMILES string of the molecule is COC(=O)c1cccc(NC(=O)CNC(=O)CN)c1. The fraction of sp³-hybridized carbons (Fsp3) is 0.250. The molecule has 0 aliphatic rings. The quantitative estimate of drug-likeness (QED) is 0.621. The summed E-state index contributed by atoms with van der Waals surface area (Å²) in [6.07, 6.45) is 0. The number of hydrogen-bond donors (Lipinski definition) is 3. The molecule has 19 heavy (non-hydrogen) atoms. The van der Waals surface area contributed by atoms with Crippen LogP contribution in [0.4, 0.5) is 5.69 Å². The highest BCUT2D eigenvalue weighted by atomic mass is 16.5. The van der Waals surface area contributed by atoms with Crippen molar-refractivity contribution in [2.24, 2.45) is 5.73 Å². The van der Waals surface area contributed by atoms with Crippen molar-refractivity contribution in [2.45, 2.75) is 0 Å². The van der Waals surface area contributed by atoms with E-state index < -0.39 is 17.8 Å². The van der Waals surface area contributed by atoms with Crippen molar-refractivity contribution in [3.8, 4) is 0 Å². The fourth-order valence-electron chi connectivity index (χ4n) is 1.30. The fourth-order valence-corrected chi connectivity index (χ4v) is 1.30. The number of nitrogens with two attached hydrogens (primary N) is 1. The van der Waals surface area contributed by atoms with Crippen LogP contribution >= 0.6 is 0 Å². The van der Waals surface area contributed by atoms with Crippen LogP contribution in [0.15, 0.2) is 24.3 Å². The topological polar surface area (TPSA) is 111 Å². The molecular weight excluding hydrogens is 250 g/mol. The molecule has 0 bridgehead atoms. The number of carbonyl (C=O) groups is 3. The van der Waals surface area contributed by atoms with Gasteiger partial charge in [-0.2, -0.15) is 0 Å². The molecule has 1 rings (SSSR count). The van der Waals surface area contributed by atoms with Crippen LogP contribution in [0.25, 0.3) is 0 Å². The van der Waals surface area contributed by atoms with Crippen LogP contribution in [-0.2, 0) is 14.3 Å². The number of amides is 2. The average Bonchev–Trinajstić information content (AvgIpc) is 2.44. The molecule has 7 heteroatoms. The first-order chi connectivity index (χ1) is 9.06. The smallest absolute Gasteiger partial charge is 0.337 e. The Morgan fingerprint density at radius 1 is 1.26 bits per heavy atom. The summed E-state index contributed by atoms with van der Waals surface area (Å²) in [7, 11) is 1.27. The second-order valence-electron chi connectivity index (χ2n) is 3.60. The molecule has 0 atom stereocenters. The normalized spacial score (nSPS) is 9.58. The van der Waals surface area contributed by atoms with Crippen molar-refractivity contribution >= 4 is 23.5 Å². The maximum absolute atomic E-state index is 11.5. The molecule has 1 aromatic rings. The highest BCUT2D eigenvalue weighted by Crippen LogP contribution is 2.11. The van der Waals surface area contributed by atoms with Crippen molar-refractivity contribution in [3.05, 3.63) is 29.8 Å². The number of carbonyl (C=O) groups excluding carboxylic acids is 3. The Kier molecular flexibility index (Phi) is 5.49. The molecule has 7 nitrogen and oxygen atoms in total. The van der Waals surface area contributed by atoms with Crippen molar-refractivity contribution in [3.63, 3.8) is 0 Å². The third-order valence-corrected chi connectivity index (χ3v) is 2.20. The van der Waals surface area contributed by atoms with E-state index in [1.165, 1.54) is 13.2 Å². The Hall–Kier alpha value is -2.41. The summed E-state index contributed by atoms with van der Waals surface area (Å²) >= 11 is 0. The Morgan fingerprint density at radius 2 is 2.00 bits per heavy atom. The monoisotopic (exact) mass is 265 g/mol. The van der Waals surface area contributed by atoms with E-state index in [0.29, 0.717) is 11.3 Å². The second-order valence-corrected chi connectivity index (χ2v) is 3.60. The van der Waals surface area contributed by atoms with Crippen LogP contribution < -0.4 is 16.4 Å². The summed E-state index contributed by atoms with van der Waals surface area (Å²) in [6, 6.07) is 6.28. The van der Waals surface area contributed by atoms with Crippen LogP contribution in [0.1, 0.15) is 10.4 Å². The van der Waals surface area contributed by atoms with Gasteiger partial charge in [-0.3, -0.25) is 9.59 Å². The first-order valence-corrected chi connectivity index (χ1v) is 5.52. The van der Waals surface area contributed by atoms with Gasteiger partial charge in [0.05, 0.1) is 25.8 Å². The maximum Gasteiger partial charge on any atom is 0.337 e. The van der Waals surface area contributed by atoms with Crippen molar-refractivity contribution in [2.75, 3.05) is 25.5 Å². The van der Waals surface area contributed by atoms with Gasteiger partial charge in [0.15, 0.2) is 0 Å². The minimum Gasteiger partial charge on any atom is -0.465 e. The third kappa shape index (κ3) is 4.76. The van der Waals surface area contributed by atoms with E-state index in [9.17, 15) is 14.4 Å². The molecule has 1 aromatic carbocycles. The molecule has 102 valence electrons. The molecule has 0 aliphatic heterocycles. The summed E-state index contributed by atoms with van der Waals surface area (Å²) in [5, 5.41) is 4.87. The first-order valence-electron chi connectivity index (χ1n) is 5.52. The van der Waals surface area contributed by atoms with Gasteiger partial charge in [-0.1, -0.05) is 6.07 Å². The zero-order chi connectivity index (χ0) is 14.3. The number of rotatable bonds is 5. The third-order valence-electron chi connectivity index (χ3n) is 2.20. The van der Waals surface area contributed by atoms with Crippen LogP contribution in [0, 0.1) is 0 Å². The van der Waals surface area contributed by atoms with E-state index in [0.717, 1.165) is 0 Å². The van der Waals surface area contributed by atoms with Crippen LogP contribution in [0.3, 0.4) is 0 Å². The lowest BCUT2D eigenvalue weighted by Crippen LogP contribution is -2.36. The highest BCUT2D eigenvalue weighted by molar-refractivity contribution is 5.96. The van der Waals surface area contributed by atoms with E-state index in [1.54, 1.807) is 18.2 Å². The Bertz CT molecular complexity index is 488. The molecule has 0 aliphatic carbocycles. The molecule has 0 fully saturated rings. The largest absolute Gasteiger partial charge is 0.465 e. The highest BCUT2D eigenvalue weighted by Gasteiger charge is 2.08. The van der Waals surface area contributed by atoms with E-state index in [4.69, 9.17) is 5.73 Å². The van der Waals surface area contributed by atoms with E-state index in [2.05, 4.69) is 15.4 Å². The molecule has 0 radical (unpaired) electrons. The minimum atomic E-state index is -0.493.